The number of hydrogen-bond acceptors (Lipinski definition) is 4. The lowest BCUT2D eigenvalue weighted by atomic mass is 10.4. The minimum atomic E-state index is 0. The fourth-order valence-electron chi connectivity index (χ4n) is 1.03. The smallest absolute Gasteiger partial charge is 0.183 e. The summed E-state index contributed by atoms with van der Waals surface area (Å²) >= 11 is 6.60. The normalized spacial score (nSPS) is 8.94. The van der Waals surface area contributed by atoms with Gasteiger partial charge in [0.15, 0.2) is 11.3 Å². The van der Waals surface area contributed by atoms with E-state index in [1.165, 1.54) is 0 Å². The molecule has 1 aromatic heterocycles. The van der Waals surface area contributed by atoms with Crippen LogP contribution in [0.2, 0.25) is 0 Å². The first-order valence-corrected chi connectivity index (χ1v) is 6.30. The van der Waals surface area contributed by atoms with E-state index in [1.807, 2.05) is 6.92 Å². The second kappa shape index (κ2) is 8.81. The van der Waals surface area contributed by atoms with Crippen LogP contribution in [0.3, 0.4) is 0 Å². The molecule has 94 valence electrons. The van der Waals surface area contributed by atoms with Crippen molar-refractivity contribution in [1.29, 1.82) is 5.26 Å². The number of H-pyrrole nitrogens is 1. The van der Waals surface area contributed by atoms with E-state index < -0.39 is 0 Å². The van der Waals surface area contributed by atoms with Crippen molar-refractivity contribution in [1.82, 2.24) is 20.6 Å². The van der Waals surface area contributed by atoms with Crippen molar-refractivity contribution in [2.45, 2.75) is 12.7 Å². The average molecular weight is 273 g/mol. The van der Waals surface area contributed by atoms with Crippen LogP contribution in [0.4, 0.5) is 0 Å². The fraction of sp³-hybridized carbons (Fsp3) is 0.444. The van der Waals surface area contributed by atoms with Gasteiger partial charge in [0, 0.05) is 23.7 Å². The number of nitrogens with zero attached hydrogens (tertiary/aromatic N) is 2. The highest BCUT2D eigenvalue weighted by Crippen LogP contribution is 2.11. The molecule has 0 aliphatic carbocycles. The number of hydrogen-bond donors (Lipinski definition) is 3. The predicted octanol–water partition coefficient (Wildman–Crippen LogP) is 0.0718. The molecule has 0 bridgehead atoms. The zero-order valence-corrected chi connectivity index (χ0v) is 11.0. The average Bonchev–Trinajstić information content (AvgIpc) is 2.64. The van der Waals surface area contributed by atoms with Crippen LogP contribution in [0.25, 0.3) is 0 Å². The number of rotatable bonds is 5. The molecule has 0 aromatic carbocycles. The van der Waals surface area contributed by atoms with Crippen molar-refractivity contribution < 1.29 is 5.48 Å². The van der Waals surface area contributed by atoms with Gasteiger partial charge in [-0.25, -0.2) is 4.98 Å². The van der Waals surface area contributed by atoms with Crippen LogP contribution in [-0.4, -0.2) is 32.9 Å². The van der Waals surface area contributed by atoms with Crippen LogP contribution in [0.5, 0.6) is 0 Å². The molecule has 0 amide bonds. The van der Waals surface area contributed by atoms with Gasteiger partial charge in [-0.3, -0.25) is 5.32 Å². The second-order valence-corrected chi connectivity index (χ2v) is 4.53. The lowest BCUT2D eigenvalue weighted by Gasteiger charge is -2.04. The summed E-state index contributed by atoms with van der Waals surface area (Å²) in [6, 6.07) is 0. The van der Waals surface area contributed by atoms with Gasteiger partial charge in [0.05, 0.1) is 12.0 Å². The fourth-order valence-corrected chi connectivity index (χ4v) is 2.06. The quantitative estimate of drug-likeness (QED) is 0.303. The van der Waals surface area contributed by atoms with Gasteiger partial charge in [0.1, 0.15) is 0 Å². The third-order valence-electron chi connectivity index (χ3n) is 1.87. The molecule has 6 nitrogen and oxygen atoms in total. The summed E-state index contributed by atoms with van der Waals surface area (Å²) in [6.07, 6.45) is 3.47. The van der Waals surface area contributed by atoms with Crippen molar-refractivity contribution in [2.24, 2.45) is 0 Å². The largest absolute Gasteiger partial charge is 0.412 e. The Balaban J connectivity index is 0.00000256. The Morgan fingerprint density at radius 2 is 2.47 bits per heavy atom. The summed E-state index contributed by atoms with van der Waals surface area (Å²) in [5, 5.41) is 13.9. The van der Waals surface area contributed by atoms with E-state index in [9.17, 15) is 0 Å². The van der Waals surface area contributed by atoms with Crippen LogP contribution in [0.1, 0.15) is 11.4 Å². The first-order chi connectivity index (χ1) is 7.74. The molecule has 0 aliphatic rings. The summed E-state index contributed by atoms with van der Waals surface area (Å²) in [4.78, 5) is 7.24. The third-order valence-corrected chi connectivity index (χ3v) is 3.09. The maximum absolute atomic E-state index is 8.29. The number of nitrogens with one attached hydrogen (secondary N) is 3. The topological polar surface area (TPSA) is 108 Å². The number of nitriles is 1. The number of aromatic nitrogens is 2. The minimum Gasteiger partial charge on any atom is -0.412 e. The van der Waals surface area contributed by atoms with Crippen LogP contribution >= 0.6 is 24.0 Å². The summed E-state index contributed by atoms with van der Waals surface area (Å²) in [6.45, 7) is 2.74. The molecule has 0 saturated carbocycles. The molecule has 5 N–H and O–H groups in total. The number of aryl methyl sites for hydroxylation is 1. The lowest BCUT2D eigenvalue weighted by molar-refractivity contribution is 0.824. The molecule has 1 heterocycles. The Kier molecular flexibility index (Phi) is 8.13. The highest BCUT2D eigenvalue weighted by atomic mass is 32.2. The monoisotopic (exact) mass is 273 g/mol. The van der Waals surface area contributed by atoms with E-state index in [0.717, 1.165) is 29.4 Å². The van der Waals surface area contributed by atoms with Crippen molar-refractivity contribution in [3.8, 4) is 6.19 Å². The maximum atomic E-state index is 8.29. The molecule has 0 spiro atoms. The SMILES string of the molecule is Cc1[nH]cnc1CSCCNC(=S)NC#N.O. The Hall–Kier alpha value is -1.30. The van der Waals surface area contributed by atoms with Gasteiger partial charge in [-0.1, -0.05) is 0 Å². The second-order valence-electron chi connectivity index (χ2n) is 3.02. The summed E-state index contributed by atoms with van der Waals surface area (Å²) < 4.78 is 0. The Labute approximate surface area is 110 Å². The van der Waals surface area contributed by atoms with Gasteiger partial charge in [0.25, 0.3) is 0 Å². The van der Waals surface area contributed by atoms with Gasteiger partial charge in [0.2, 0.25) is 0 Å². The standard InChI is InChI=1S/C9H13N5S2.H2O/c1-7-8(14-6-13-7)4-16-3-2-11-9(15)12-5-10;/h6H,2-4H2,1H3,(H,13,14)(H2,11,12,15);1H2. The third kappa shape index (κ3) is 6.11. The van der Waals surface area contributed by atoms with E-state index >= 15 is 0 Å². The number of aromatic amines is 1. The molecule has 17 heavy (non-hydrogen) atoms. The van der Waals surface area contributed by atoms with E-state index in [-0.39, 0.29) is 5.48 Å². The molecule has 0 aliphatic heterocycles. The van der Waals surface area contributed by atoms with Gasteiger partial charge in [-0.2, -0.15) is 17.0 Å². The van der Waals surface area contributed by atoms with Gasteiger partial charge < -0.3 is 15.8 Å². The number of thiocarbonyl (C=S) groups is 1. The Morgan fingerprint density at radius 3 is 3.06 bits per heavy atom. The summed E-state index contributed by atoms with van der Waals surface area (Å²) in [7, 11) is 0. The molecule has 8 heteroatoms. The predicted molar refractivity (Wildman–Crippen MR) is 72.4 cm³/mol. The van der Waals surface area contributed by atoms with E-state index in [1.54, 1.807) is 24.3 Å². The summed E-state index contributed by atoms with van der Waals surface area (Å²) in [5.41, 5.74) is 2.20. The van der Waals surface area contributed by atoms with Crippen molar-refractivity contribution in [3.63, 3.8) is 0 Å². The van der Waals surface area contributed by atoms with Crippen molar-refractivity contribution in [2.75, 3.05) is 12.3 Å². The van der Waals surface area contributed by atoms with Crippen LogP contribution in [-0.2, 0) is 5.75 Å². The Bertz CT molecular complexity index is 387. The molecular weight excluding hydrogens is 258 g/mol. The van der Waals surface area contributed by atoms with E-state index in [2.05, 4.69) is 20.6 Å². The van der Waals surface area contributed by atoms with Gasteiger partial charge in [-0.05, 0) is 19.1 Å². The van der Waals surface area contributed by atoms with Crippen molar-refractivity contribution in [3.05, 3.63) is 17.7 Å². The van der Waals surface area contributed by atoms with E-state index in [4.69, 9.17) is 17.5 Å². The molecule has 0 fully saturated rings. The van der Waals surface area contributed by atoms with Gasteiger partial charge in [-0.15, -0.1) is 0 Å². The first kappa shape index (κ1) is 15.7. The Morgan fingerprint density at radius 1 is 1.71 bits per heavy atom. The van der Waals surface area contributed by atoms with Crippen LogP contribution in [0, 0.1) is 18.4 Å². The zero-order valence-electron chi connectivity index (χ0n) is 9.41. The maximum Gasteiger partial charge on any atom is 0.183 e. The first-order valence-electron chi connectivity index (χ1n) is 4.73. The zero-order chi connectivity index (χ0) is 11.8. The number of thioether (sulfide) groups is 1. The molecular formula is C9H15N5OS2. The summed E-state index contributed by atoms with van der Waals surface area (Å²) in [5.74, 6) is 1.80. The van der Waals surface area contributed by atoms with Crippen LogP contribution in [0.15, 0.2) is 6.33 Å². The molecule has 0 atom stereocenters. The highest BCUT2D eigenvalue weighted by molar-refractivity contribution is 7.98. The molecule has 0 saturated heterocycles. The molecule has 1 aromatic rings. The molecule has 0 unspecified atom stereocenters. The molecule has 1 rings (SSSR count). The minimum absolute atomic E-state index is 0. The molecule has 0 radical (unpaired) electrons. The number of imidazole rings is 1. The van der Waals surface area contributed by atoms with Gasteiger partial charge >= 0.3 is 0 Å². The van der Waals surface area contributed by atoms with Crippen LogP contribution < -0.4 is 10.6 Å². The lowest BCUT2D eigenvalue weighted by Crippen LogP contribution is -2.33. The van der Waals surface area contributed by atoms with E-state index in [0.29, 0.717) is 5.11 Å². The highest BCUT2D eigenvalue weighted by Gasteiger charge is 2.00. The van der Waals surface area contributed by atoms with Crippen molar-refractivity contribution >= 4 is 29.1 Å².